The van der Waals surface area contributed by atoms with E-state index in [1.807, 2.05) is 38.1 Å². The van der Waals surface area contributed by atoms with Crippen LogP contribution in [0.4, 0.5) is 11.4 Å². The molecule has 0 aliphatic rings. The van der Waals surface area contributed by atoms with Gasteiger partial charge >= 0.3 is 5.97 Å². The number of rotatable bonds is 5. The predicted octanol–water partition coefficient (Wildman–Crippen LogP) is 4.38. The lowest BCUT2D eigenvalue weighted by molar-refractivity contribution is 0.0697. The molecular weight excluding hydrogens is 304 g/mol. The Bertz CT molecular complexity index is 889. The zero-order chi connectivity index (χ0) is 17.1. The Balaban J connectivity index is 2.02. The molecule has 0 bridgehead atoms. The topological polar surface area (TPSA) is 71.5 Å². The SMILES string of the molecule is CCOc1cccc2c(Nc3ccc(C(=O)O)cc3)cc(C)nc12. The Labute approximate surface area is 139 Å². The number of ether oxygens (including phenoxy) is 1. The number of anilines is 2. The zero-order valence-electron chi connectivity index (χ0n) is 13.5. The highest BCUT2D eigenvalue weighted by Crippen LogP contribution is 2.31. The smallest absolute Gasteiger partial charge is 0.335 e. The van der Waals surface area contributed by atoms with Crippen molar-refractivity contribution in [2.75, 3.05) is 11.9 Å². The predicted molar refractivity (Wildman–Crippen MR) is 94.3 cm³/mol. The summed E-state index contributed by atoms with van der Waals surface area (Å²) in [5.41, 5.74) is 3.66. The third kappa shape index (κ3) is 3.15. The van der Waals surface area contributed by atoms with Crippen molar-refractivity contribution in [3.05, 3.63) is 59.8 Å². The first-order valence-corrected chi connectivity index (χ1v) is 7.72. The molecule has 0 unspecified atom stereocenters. The number of nitrogens with one attached hydrogen (secondary N) is 1. The molecule has 5 heteroatoms. The minimum absolute atomic E-state index is 0.259. The summed E-state index contributed by atoms with van der Waals surface area (Å²) in [5.74, 6) is -0.184. The Morgan fingerprint density at radius 3 is 2.62 bits per heavy atom. The lowest BCUT2D eigenvalue weighted by Gasteiger charge is -2.13. The summed E-state index contributed by atoms with van der Waals surface area (Å²) in [7, 11) is 0. The van der Waals surface area contributed by atoms with Gasteiger partial charge in [-0.25, -0.2) is 9.78 Å². The molecule has 0 saturated heterocycles. The highest BCUT2D eigenvalue weighted by atomic mass is 16.5. The molecule has 3 aromatic rings. The molecule has 0 atom stereocenters. The molecule has 24 heavy (non-hydrogen) atoms. The minimum atomic E-state index is -0.937. The second-order valence-electron chi connectivity index (χ2n) is 5.40. The van der Waals surface area contributed by atoms with Crippen LogP contribution in [0, 0.1) is 6.92 Å². The number of fused-ring (bicyclic) bond motifs is 1. The number of carboxylic acids is 1. The lowest BCUT2D eigenvalue weighted by Crippen LogP contribution is -1.99. The van der Waals surface area contributed by atoms with E-state index in [4.69, 9.17) is 9.84 Å². The average Bonchev–Trinajstić information content (AvgIpc) is 2.56. The fourth-order valence-electron chi connectivity index (χ4n) is 2.58. The fourth-order valence-corrected chi connectivity index (χ4v) is 2.58. The summed E-state index contributed by atoms with van der Waals surface area (Å²) in [5, 5.41) is 13.3. The number of nitrogens with zero attached hydrogens (tertiary/aromatic N) is 1. The van der Waals surface area contributed by atoms with E-state index >= 15 is 0 Å². The van der Waals surface area contributed by atoms with E-state index in [-0.39, 0.29) is 5.56 Å². The number of hydrogen-bond acceptors (Lipinski definition) is 4. The van der Waals surface area contributed by atoms with Gasteiger partial charge in [-0.15, -0.1) is 0 Å². The van der Waals surface area contributed by atoms with Crippen molar-refractivity contribution in [3.8, 4) is 5.75 Å². The largest absolute Gasteiger partial charge is 0.492 e. The molecule has 1 aromatic heterocycles. The molecule has 0 saturated carbocycles. The van der Waals surface area contributed by atoms with Gasteiger partial charge in [0.25, 0.3) is 0 Å². The monoisotopic (exact) mass is 322 g/mol. The van der Waals surface area contributed by atoms with Crippen LogP contribution in [0.25, 0.3) is 10.9 Å². The van der Waals surface area contributed by atoms with Gasteiger partial charge < -0.3 is 15.2 Å². The van der Waals surface area contributed by atoms with E-state index in [1.54, 1.807) is 24.3 Å². The molecular formula is C19H18N2O3. The summed E-state index contributed by atoms with van der Waals surface area (Å²) >= 11 is 0. The van der Waals surface area contributed by atoms with Crippen LogP contribution in [0.15, 0.2) is 48.5 Å². The van der Waals surface area contributed by atoms with Crippen molar-refractivity contribution in [1.82, 2.24) is 4.98 Å². The number of carboxylic acid groups (broad SMARTS) is 1. The van der Waals surface area contributed by atoms with Crippen molar-refractivity contribution in [2.24, 2.45) is 0 Å². The van der Waals surface area contributed by atoms with Gasteiger partial charge in [-0.1, -0.05) is 12.1 Å². The highest BCUT2D eigenvalue weighted by molar-refractivity contribution is 5.96. The Morgan fingerprint density at radius 1 is 1.21 bits per heavy atom. The van der Waals surface area contributed by atoms with E-state index in [1.165, 1.54) is 0 Å². The van der Waals surface area contributed by atoms with Crippen LogP contribution >= 0.6 is 0 Å². The third-order valence-electron chi connectivity index (χ3n) is 3.64. The van der Waals surface area contributed by atoms with E-state index in [2.05, 4.69) is 10.3 Å². The molecule has 0 aliphatic heterocycles. The molecule has 0 radical (unpaired) electrons. The third-order valence-corrected chi connectivity index (χ3v) is 3.64. The summed E-state index contributed by atoms with van der Waals surface area (Å²) in [6.45, 7) is 4.45. The first-order chi connectivity index (χ1) is 11.6. The van der Waals surface area contributed by atoms with Gasteiger partial charge in [-0.05, 0) is 50.2 Å². The number of pyridine rings is 1. The summed E-state index contributed by atoms with van der Waals surface area (Å²) < 4.78 is 5.67. The van der Waals surface area contributed by atoms with Crippen LogP contribution in [-0.2, 0) is 0 Å². The zero-order valence-corrected chi connectivity index (χ0v) is 13.5. The Hall–Kier alpha value is -3.08. The normalized spacial score (nSPS) is 10.6. The van der Waals surface area contributed by atoms with E-state index < -0.39 is 5.97 Å². The van der Waals surface area contributed by atoms with Crippen molar-refractivity contribution in [2.45, 2.75) is 13.8 Å². The standard InChI is InChI=1S/C19H18N2O3/c1-3-24-17-6-4-5-15-16(11-12(2)20-18(15)17)21-14-9-7-13(8-10-14)19(22)23/h4-11H,3H2,1-2H3,(H,20,21)(H,22,23). The fraction of sp³-hybridized carbons (Fsp3) is 0.158. The van der Waals surface area contributed by atoms with Crippen molar-refractivity contribution < 1.29 is 14.6 Å². The number of para-hydroxylation sites is 1. The number of benzene rings is 2. The molecule has 2 N–H and O–H groups in total. The van der Waals surface area contributed by atoms with E-state index in [0.717, 1.165) is 33.7 Å². The minimum Gasteiger partial charge on any atom is -0.492 e. The molecule has 5 nitrogen and oxygen atoms in total. The summed E-state index contributed by atoms with van der Waals surface area (Å²) in [4.78, 5) is 15.5. The van der Waals surface area contributed by atoms with E-state index in [9.17, 15) is 4.79 Å². The highest BCUT2D eigenvalue weighted by Gasteiger charge is 2.09. The van der Waals surface area contributed by atoms with Gasteiger partial charge in [0, 0.05) is 22.5 Å². The van der Waals surface area contributed by atoms with Gasteiger partial charge in [-0.3, -0.25) is 0 Å². The number of aromatic nitrogens is 1. The lowest BCUT2D eigenvalue weighted by atomic mass is 10.1. The number of hydrogen-bond donors (Lipinski definition) is 2. The van der Waals surface area contributed by atoms with Crippen LogP contribution in [0.2, 0.25) is 0 Å². The molecule has 0 amide bonds. The van der Waals surface area contributed by atoms with Crippen LogP contribution in [-0.4, -0.2) is 22.7 Å². The second-order valence-corrected chi connectivity index (χ2v) is 5.40. The molecule has 1 heterocycles. The summed E-state index contributed by atoms with van der Waals surface area (Å²) in [6.07, 6.45) is 0. The number of carbonyl (C=O) groups is 1. The maximum absolute atomic E-state index is 10.9. The van der Waals surface area contributed by atoms with Crippen molar-refractivity contribution in [3.63, 3.8) is 0 Å². The molecule has 3 rings (SSSR count). The number of aryl methyl sites for hydroxylation is 1. The molecule has 0 aliphatic carbocycles. The maximum Gasteiger partial charge on any atom is 0.335 e. The van der Waals surface area contributed by atoms with Gasteiger partial charge in [0.2, 0.25) is 0 Å². The molecule has 0 spiro atoms. The second kappa shape index (κ2) is 6.58. The molecule has 0 fully saturated rings. The molecule has 2 aromatic carbocycles. The van der Waals surface area contributed by atoms with E-state index in [0.29, 0.717) is 6.61 Å². The van der Waals surface area contributed by atoms with Crippen LogP contribution in [0.3, 0.4) is 0 Å². The first kappa shape index (κ1) is 15.8. The summed E-state index contributed by atoms with van der Waals surface area (Å²) in [6, 6.07) is 14.4. The van der Waals surface area contributed by atoms with Crippen LogP contribution < -0.4 is 10.1 Å². The Kier molecular flexibility index (Phi) is 4.33. The maximum atomic E-state index is 10.9. The first-order valence-electron chi connectivity index (χ1n) is 7.72. The average molecular weight is 322 g/mol. The molecule has 122 valence electrons. The van der Waals surface area contributed by atoms with Crippen molar-refractivity contribution in [1.29, 1.82) is 0 Å². The van der Waals surface area contributed by atoms with Gasteiger partial charge in [0.15, 0.2) is 0 Å². The van der Waals surface area contributed by atoms with Gasteiger partial charge in [0.1, 0.15) is 11.3 Å². The Morgan fingerprint density at radius 2 is 1.96 bits per heavy atom. The van der Waals surface area contributed by atoms with Crippen molar-refractivity contribution >= 4 is 28.2 Å². The van der Waals surface area contributed by atoms with Gasteiger partial charge in [0.05, 0.1) is 12.2 Å². The number of aromatic carboxylic acids is 1. The quantitative estimate of drug-likeness (QED) is 0.729. The van der Waals surface area contributed by atoms with Gasteiger partial charge in [-0.2, -0.15) is 0 Å². The van der Waals surface area contributed by atoms with Crippen LogP contribution in [0.1, 0.15) is 23.0 Å². The van der Waals surface area contributed by atoms with Crippen LogP contribution in [0.5, 0.6) is 5.75 Å².